The first-order valence-corrected chi connectivity index (χ1v) is 10.7. The van der Waals surface area contributed by atoms with Crippen molar-refractivity contribution in [3.05, 3.63) is 46.5 Å². The standard InChI is InChI=1S/C18H18Cl2N6O3S/c1-21-16(29)13-11(27)12(28)17(30-13)26-7-23-10-14(24-18(20)25-15(10)26)22-6-8-3-2-4-9(19)5-8/h2-5,7,11-13,17,27-28H,6H2,1H3,(H,21,29)(H,22,24,25)/t11?,12?,13-,17+/m0/s1. The number of halogens is 2. The van der Waals surface area contributed by atoms with Crippen LogP contribution in [0.15, 0.2) is 30.6 Å². The van der Waals surface area contributed by atoms with Crippen molar-refractivity contribution in [2.24, 2.45) is 0 Å². The topological polar surface area (TPSA) is 125 Å². The Morgan fingerprint density at radius 3 is 2.80 bits per heavy atom. The van der Waals surface area contributed by atoms with E-state index < -0.39 is 22.8 Å². The molecule has 1 aromatic carbocycles. The molecule has 1 aliphatic rings. The Hall–Kier alpha value is -2.11. The zero-order valence-electron chi connectivity index (χ0n) is 15.7. The van der Waals surface area contributed by atoms with E-state index in [4.69, 9.17) is 23.2 Å². The van der Waals surface area contributed by atoms with Crippen LogP contribution in [-0.4, -0.2) is 60.1 Å². The summed E-state index contributed by atoms with van der Waals surface area (Å²) >= 11 is 13.3. The van der Waals surface area contributed by atoms with Crippen LogP contribution in [0, 0.1) is 0 Å². The number of aliphatic hydroxyl groups excluding tert-OH is 2. The molecule has 1 amide bonds. The van der Waals surface area contributed by atoms with Crippen molar-refractivity contribution in [3.8, 4) is 0 Å². The van der Waals surface area contributed by atoms with Gasteiger partial charge in [-0.05, 0) is 29.3 Å². The van der Waals surface area contributed by atoms with Crippen LogP contribution in [0.3, 0.4) is 0 Å². The van der Waals surface area contributed by atoms with Crippen LogP contribution < -0.4 is 10.6 Å². The molecule has 1 aliphatic heterocycles. The van der Waals surface area contributed by atoms with Crippen LogP contribution in [0.5, 0.6) is 0 Å². The van der Waals surface area contributed by atoms with E-state index in [1.54, 1.807) is 10.6 Å². The van der Waals surface area contributed by atoms with Crippen molar-refractivity contribution in [3.63, 3.8) is 0 Å². The summed E-state index contributed by atoms with van der Waals surface area (Å²) in [5.74, 6) is 0.0552. The number of aliphatic hydroxyl groups is 2. The predicted molar refractivity (Wildman–Crippen MR) is 116 cm³/mol. The van der Waals surface area contributed by atoms with Gasteiger partial charge in [0.15, 0.2) is 17.0 Å². The van der Waals surface area contributed by atoms with Gasteiger partial charge < -0.3 is 20.8 Å². The first-order valence-electron chi connectivity index (χ1n) is 9.00. The summed E-state index contributed by atoms with van der Waals surface area (Å²) in [7, 11) is 1.48. The van der Waals surface area contributed by atoms with Crippen LogP contribution in [-0.2, 0) is 11.3 Å². The number of rotatable bonds is 5. The monoisotopic (exact) mass is 468 g/mol. The quantitative estimate of drug-likeness (QED) is 0.417. The van der Waals surface area contributed by atoms with Gasteiger partial charge in [-0.2, -0.15) is 9.97 Å². The highest BCUT2D eigenvalue weighted by molar-refractivity contribution is 8.01. The van der Waals surface area contributed by atoms with Gasteiger partial charge in [0.05, 0.1) is 6.33 Å². The Morgan fingerprint density at radius 1 is 1.27 bits per heavy atom. The van der Waals surface area contributed by atoms with Crippen molar-refractivity contribution in [1.29, 1.82) is 0 Å². The molecule has 1 saturated heterocycles. The van der Waals surface area contributed by atoms with Crippen molar-refractivity contribution >= 4 is 57.9 Å². The Labute approximate surface area is 185 Å². The average molecular weight is 469 g/mol. The Kier molecular flexibility index (Phi) is 6.03. The van der Waals surface area contributed by atoms with Gasteiger partial charge in [-0.25, -0.2) is 4.98 Å². The fourth-order valence-corrected chi connectivity index (χ4v) is 5.13. The first kappa shape index (κ1) is 21.1. The van der Waals surface area contributed by atoms with E-state index in [-0.39, 0.29) is 11.2 Å². The third-order valence-corrected chi connectivity index (χ3v) is 6.74. The molecule has 3 aromatic rings. The number of hydrogen-bond donors (Lipinski definition) is 4. The Bertz CT molecular complexity index is 1100. The highest BCUT2D eigenvalue weighted by Crippen LogP contribution is 2.43. The van der Waals surface area contributed by atoms with Gasteiger partial charge in [0, 0.05) is 18.6 Å². The summed E-state index contributed by atoms with van der Waals surface area (Å²) in [6.45, 7) is 0.439. The smallest absolute Gasteiger partial charge is 0.235 e. The van der Waals surface area contributed by atoms with E-state index in [0.717, 1.165) is 17.3 Å². The number of benzene rings is 1. The molecule has 9 nitrogen and oxygen atoms in total. The van der Waals surface area contributed by atoms with Gasteiger partial charge in [-0.15, -0.1) is 11.8 Å². The summed E-state index contributed by atoms with van der Waals surface area (Å²) in [6, 6.07) is 7.39. The van der Waals surface area contributed by atoms with E-state index in [0.29, 0.717) is 28.5 Å². The maximum Gasteiger partial charge on any atom is 0.235 e. The highest BCUT2D eigenvalue weighted by Gasteiger charge is 2.47. The van der Waals surface area contributed by atoms with Gasteiger partial charge >= 0.3 is 0 Å². The fraction of sp³-hybridized carbons (Fsp3) is 0.333. The van der Waals surface area contributed by atoms with Crippen molar-refractivity contribution in [1.82, 2.24) is 24.8 Å². The second-order valence-corrected chi connectivity index (χ2v) is 8.73. The van der Waals surface area contributed by atoms with Crippen LogP contribution in [0.25, 0.3) is 11.2 Å². The van der Waals surface area contributed by atoms with Gasteiger partial charge in [0.25, 0.3) is 0 Å². The zero-order chi connectivity index (χ0) is 21.4. The Morgan fingerprint density at radius 2 is 2.07 bits per heavy atom. The number of amides is 1. The number of carbonyl (C=O) groups excluding carboxylic acids is 1. The molecular formula is C18H18Cl2N6O3S. The van der Waals surface area contributed by atoms with Crippen LogP contribution in [0.2, 0.25) is 10.3 Å². The zero-order valence-corrected chi connectivity index (χ0v) is 18.0. The van der Waals surface area contributed by atoms with Crippen LogP contribution >= 0.6 is 35.0 Å². The molecule has 0 spiro atoms. The van der Waals surface area contributed by atoms with Gasteiger partial charge in [-0.3, -0.25) is 9.36 Å². The summed E-state index contributed by atoms with van der Waals surface area (Å²) in [4.78, 5) is 24.8. The molecule has 12 heteroatoms. The number of aromatic nitrogens is 4. The molecule has 0 radical (unpaired) electrons. The molecule has 2 unspecified atom stereocenters. The lowest BCUT2D eigenvalue weighted by Gasteiger charge is -2.17. The summed E-state index contributed by atoms with van der Waals surface area (Å²) in [6.07, 6.45) is -0.929. The molecule has 0 saturated carbocycles. The van der Waals surface area contributed by atoms with Gasteiger partial charge in [0.1, 0.15) is 22.8 Å². The Balaban J connectivity index is 1.64. The van der Waals surface area contributed by atoms with Crippen molar-refractivity contribution < 1.29 is 15.0 Å². The molecule has 4 atom stereocenters. The maximum atomic E-state index is 12.0. The molecule has 2 aromatic heterocycles. The molecule has 4 N–H and O–H groups in total. The molecule has 30 heavy (non-hydrogen) atoms. The second-order valence-electron chi connectivity index (χ2n) is 6.69. The van der Waals surface area contributed by atoms with Gasteiger partial charge in [0.2, 0.25) is 11.2 Å². The normalized spacial score (nSPS) is 23.6. The van der Waals surface area contributed by atoms with Gasteiger partial charge in [-0.1, -0.05) is 23.7 Å². The molecule has 3 heterocycles. The third kappa shape index (κ3) is 3.93. The molecule has 1 fully saturated rings. The maximum absolute atomic E-state index is 12.0. The molecular weight excluding hydrogens is 451 g/mol. The average Bonchev–Trinajstić information content (AvgIpc) is 3.27. The summed E-state index contributed by atoms with van der Waals surface area (Å²) < 4.78 is 1.59. The number of carbonyl (C=O) groups is 1. The van der Waals surface area contributed by atoms with E-state index >= 15 is 0 Å². The predicted octanol–water partition coefficient (Wildman–Crippen LogP) is 1.83. The van der Waals surface area contributed by atoms with Crippen molar-refractivity contribution in [2.75, 3.05) is 12.4 Å². The number of anilines is 1. The molecule has 4 rings (SSSR count). The van der Waals surface area contributed by atoms with Crippen LogP contribution in [0.4, 0.5) is 5.82 Å². The SMILES string of the molecule is CNC(=O)[C@H]1S[C@@H](n2cnc3c(NCc4cccc(Cl)c4)nc(Cl)nc32)C(O)C1O. The number of hydrogen-bond acceptors (Lipinski definition) is 8. The van der Waals surface area contributed by atoms with Crippen molar-refractivity contribution in [2.45, 2.75) is 29.4 Å². The van der Waals surface area contributed by atoms with E-state index in [1.165, 1.54) is 13.4 Å². The number of thioether (sulfide) groups is 1. The van der Waals surface area contributed by atoms with Crippen LogP contribution in [0.1, 0.15) is 10.9 Å². The lowest BCUT2D eigenvalue weighted by molar-refractivity contribution is -0.122. The second kappa shape index (κ2) is 8.56. The number of nitrogens with zero attached hydrogens (tertiary/aromatic N) is 4. The molecule has 158 valence electrons. The lowest BCUT2D eigenvalue weighted by Crippen LogP contribution is -2.39. The fourth-order valence-electron chi connectivity index (χ4n) is 3.28. The molecule has 0 bridgehead atoms. The molecule has 0 aliphatic carbocycles. The van der Waals surface area contributed by atoms with E-state index in [2.05, 4.69) is 25.6 Å². The minimum absolute atomic E-state index is 0.00118. The minimum Gasteiger partial charge on any atom is -0.389 e. The number of nitrogens with one attached hydrogen (secondary N) is 2. The summed E-state index contributed by atoms with van der Waals surface area (Å²) in [5.41, 5.74) is 1.78. The lowest BCUT2D eigenvalue weighted by atomic mass is 10.1. The largest absolute Gasteiger partial charge is 0.389 e. The van der Waals surface area contributed by atoms with E-state index in [1.807, 2.05) is 18.2 Å². The van der Waals surface area contributed by atoms with E-state index in [9.17, 15) is 15.0 Å². The minimum atomic E-state index is -1.23. The summed E-state index contributed by atoms with van der Waals surface area (Å²) in [5, 5.41) is 25.6. The number of imidazole rings is 1. The first-order chi connectivity index (χ1) is 14.4. The third-order valence-electron chi connectivity index (χ3n) is 4.76. The highest BCUT2D eigenvalue weighted by atomic mass is 35.5. The number of fused-ring (bicyclic) bond motifs is 1.